The number of rotatable bonds is 7. The van der Waals surface area contributed by atoms with Gasteiger partial charge in [0.1, 0.15) is 0 Å². The maximum Gasteiger partial charge on any atom is 0.416 e. The lowest BCUT2D eigenvalue weighted by Gasteiger charge is -2.25. The van der Waals surface area contributed by atoms with E-state index in [-0.39, 0.29) is 17.1 Å². The summed E-state index contributed by atoms with van der Waals surface area (Å²) in [5, 5.41) is 8.58. The molecule has 0 aliphatic rings. The van der Waals surface area contributed by atoms with Gasteiger partial charge in [0.05, 0.1) is 55.3 Å². The van der Waals surface area contributed by atoms with Crippen molar-refractivity contribution in [3.05, 3.63) is 259 Å². The van der Waals surface area contributed by atoms with Gasteiger partial charge in [0.25, 0.3) is 0 Å². The van der Waals surface area contributed by atoms with Crippen molar-refractivity contribution in [1.29, 1.82) is 0 Å². The molecular formula is C69H43BF6N4. The third-order valence-corrected chi connectivity index (χ3v) is 16.2. The zero-order chi connectivity index (χ0) is 54.2. The fourth-order valence-corrected chi connectivity index (χ4v) is 13.0. The molecule has 0 fully saturated rings. The van der Waals surface area contributed by atoms with E-state index in [2.05, 4.69) is 127 Å². The van der Waals surface area contributed by atoms with E-state index in [1.807, 2.05) is 121 Å². The predicted octanol–water partition coefficient (Wildman–Crippen LogP) is 16.9. The molecule has 4 nitrogen and oxygen atoms in total. The summed E-state index contributed by atoms with van der Waals surface area (Å²) in [4.78, 5) is 0. The highest BCUT2D eigenvalue weighted by molar-refractivity contribution is 6.96. The summed E-state index contributed by atoms with van der Waals surface area (Å²) in [6.07, 6.45) is -10.1. The molecule has 0 bridgehead atoms. The number of hydrogen-bond acceptors (Lipinski definition) is 0. The summed E-state index contributed by atoms with van der Waals surface area (Å²) < 4.78 is 98.7. The molecule has 4 heterocycles. The molecule has 384 valence electrons. The zero-order valence-electron chi connectivity index (χ0n) is 42.7. The first-order valence-electron chi connectivity index (χ1n) is 26.4. The molecular weight excluding hydrogens is 1010 g/mol. The summed E-state index contributed by atoms with van der Waals surface area (Å²) in [5.41, 5.74) is 9.55. The average Bonchev–Trinajstić information content (AvgIpc) is 4.39. The smallest absolute Gasteiger partial charge is 0.309 e. The molecule has 11 heteroatoms. The lowest BCUT2D eigenvalue weighted by Crippen LogP contribution is -2.55. The monoisotopic (exact) mass is 1050 g/mol. The van der Waals surface area contributed by atoms with Gasteiger partial charge in [0.2, 0.25) is 6.71 Å². The molecule has 80 heavy (non-hydrogen) atoms. The fraction of sp³-hybridized carbons (Fsp3) is 0.0435. The van der Waals surface area contributed by atoms with E-state index in [4.69, 9.17) is 0 Å². The Bertz CT molecular complexity index is 4700. The Morgan fingerprint density at radius 2 is 0.600 bits per heavy atom. The number of nitrogens with zero attached hydrogens (tertiary/aromatic N) is 4. The quantitative estimate of drug-likeness (QED) is 0.112. The van der Waals surface area contributed by atoms with Gasteiger partial charge in [-0.3, -0.25) is 0 Å². The van der Waals surface area contributed by atoms with Crippen molar-refractivity contribution in [2.24, 2.45) is 0 Å². The number of alkyl halides is 6. The molecule has 0 atom stereocenters. The van der Waals surface area contributed by atoms with Crippen LogP contribution in [0.1, 0.15) is 16.7 Å². The second-order valence-corrected chi connectivity index (χ2v) is 20.7. The minimum atomic E-state index is -5.12. The van der Waals surface area contributed by atoms with E-state index in [1.54, 1.807) is 0 Å². The molecule has 0 saturated carbocycles. The van der Waals surface area contributed by atoms with Crippen molar-refractivity contribution in [2.75, 3.05) is 0 Å². The Balaban J connectivity index is 0.911. The summed E-state index contributed by atoms with van der Waals surface area (Å²) >= 11 is 0. The van der Waals surface area contributed by atoms with Gasteiger partial charge in [-0.2, -0.15) is 26.3 Å². The van der Waals surface area contributed by atoms with Crippen LogP contribution in [0.4, 0.5) is 26.3 Å². The summed E-state index contributed by atoms with van der Waals surface area (Å²) in [5.74, 6) is 0. The van der Waals surface area contributed by atoms with Crippen LogP contribution in [-0.2, 0) is 12.4 Å². The highest BCUT2D eigenvalue weighted by Gasteiger charge is 2.42. The van der Waals surface area contributed by atoms with Gasteiger partial charge in [-0.05, 0) is 116 Å². The fourth-order valence-electron chi connectivity index (χ4n) is 13.0. The van der Waals surface area contributed by atoms with Crippen molar-refractivity contribution in [3.63, 3.8) is 0 Å². The van der Waals surface area contributed by atoms with Crippen LogP contribution in [0.25, 0.3) is 110 Å². The van der Waals surface area contributed by atoms with E-state index in [9.17, 15) is 13.2 Å². The van der Waals surface area contributed by atoms with Gasteiger partial charge >= 0.3 is 12.4 Å². The molecule has 0 unspecified atom stereocenters. The summed E-state index contributed by atoms with van der Waals surface area (Å²) in [6.45, 7) is 0.220. The van der Waals surface area contributed by atoms with Crippen LogP contribution in [0, 0.1) is 6.92 Å². The Morgan fingerprint density at radius 3 is 0.912 bits per heavy atom. The minimum Gasteiger partial charge on any atom is -0.309 e. The number of fused-ring (bicyclic) bond motifs is 14. The molecule has 0 aliphatic carbocycles. The van der Waals surface area contributed by atoms with E-state index in [1.165, 1.54) is 6.92 Å². The highest BCUT2D eigenvalue weighted by Crippen LogP contribution is 2.45. The van der Waals surface area contributed by atoms with Crippen LogP contribution in [0.2, 0.25) is 0 Å². The van der Waals surface area contributed by atoms with Crippen molar-refractivity contribution in [1.82, 2.24) is 18.3 Å². The molecule has 0 aliphatic heterocycles. The molecule has 4 aromatic heterocycles. The van der Waals surface area contributed by atoms with Crippen LogP contribution in [0.15, 0.2) is 243 Å². The number of para-hydroxylation sites is 6. The predicted molar refractivity (Wildman–Crippen MR) is 316 cm³/mol. The van der Waals surface area contributed by atoms with E-state index in [0.29, 0.717) is 10.9 Å². The zero-order valence-corrected chi connectivity index (χ0v) is 42.7. The summed E-state index contributed by atoms with van der Waals surface area (Å²) in [7, 11) is 0. The average molecular weight is 1050 g/mol. The van der Waals surface area contributed by atoms with Gasteiger partial charge in [-0.1, -0.05) is 155 Å². The van der Waals surface area contributed by atoms with Crippen LogP contribution < -0.4 is 16.4 Å². The highest BCUT2D eigenvalue weighted by atomic mass is 19.4. The first-order chi connectivity index (χ1) is 38.9. The van der Waals surface area contributed by atoms with Gasteiger partial charge in [-0.25, -0.2) is 0 Å². The van der Waals surface area contributed by atoms with Gasteiger partial charge in [0, 0.05) is 65.8 Å². The largest absolute Gasteiger partial charge is 0.416 e. The van der Waals surface area contributed by atoms with Crippen molar-refractivity contribution < 1.29 is 26.3 Å². The van der Waals surface area contributed by atoms with E-state index >= 15 is 13.2 Å². The van der Waals surface area contributed by atoms with Crippen LogP contribution in [0.3, 0.4) is 0 Å². The molecule has 0 N–H and O–H groups in total. The molecule has 0 saturated heterocycles. The SMILES string of the molecule is Cc1cc(C(F)(F)F)cc(C(F)(F)F)c1B(c1ccc(-n2c3ccccc3c3c4c5ccccc5n(-c5ccccc5)c4ccc32)cc1)c1ccc(-n2c3ccccc3c3c4c5ccccc5n(-c5ccccc5)c4ccc32)cc1. The first kappa shape index (κ1) is 47.5. The second kappa shape index (κ2) is 17.6. The number of halogens is 6. The topological polar surface area (TPSA) is 19.7 Å². The van der Waals surface area contributed by atoms with Gasteiger partial charge in [-0.15, -0.1) is 0 Å². The van der Waals surface area contributed by atoms with Crippen LogP contribution in [-0.4, -0.2) is 25.0 Å². The van der Waals surface area contributed by atoms with Crippen LogP contribution >= 0.6 is 0 Å². The Hall–Kier alpha value is -9.74. The lowest BCUT2D eigenvalue weighted by atomic mass is 9.35. The number of hydrogen-bond donors (Lipinski definition) is 0. The number of benzene rings is 11. The summed E-state index contributed by atoms with van der Waals surface area (Å²) in [6, 6.07) is 78.2. The maximum absolute atomic E-state index is 15.5. The third-order valence-electron chi connectivity index (χ3n) is 16.2. The number of aromatic nitrogens is 4. The van der Waals surface area contributed by atoms with E-state index in [0.717, 1.165) is 116 Å². The standard InChI is InChI=1S/C69H43BF6N4/c1-42-40-43(68(71,72)73)41-54(69(74,75)76)67(42)70(44-28-32-48(33-29-44)79-57-26-14-10-22-52(57)65-61(79)38-36-59-63(65)50-20-8-12-24-55(50)77(59)46-16-4-2-5-17-46)45-30-34-49(35-31-45)80-58-27-15-11-23-53(58)66-62(80)39-37-60-64(66)51-21-9-13-25-56(51)78(60)47-18-6-3-7-19-47/h2-41H,1H3. The molecule has 15 rings (SSSR count). The van der Waals surface area contributed by atoms with Gasteiger partial charge < -0.3 is 18.3 Å². The molecule has 15 aromatic rings. The Morgan fingerprint density at radius 1 is 0.300 bits per heavy atom. The molecule has 0 radical (unpaired) electrons. The van der Waals surface area contributed by atoms with Crippen molar-refractivity contribution in [2.45, 2.75) is 19.3 Å². The number of aryl methyl sites for hydroxylation is 1. The van der Waals surface area contributed by atoms with Crippen molar-refractivity contribution in [3.8, 4) is 22.7 Å². The third kappa shape index (κ3) is 7.12. The maximum atomic E-state index is 15.5. The minimum absolute atomic E-state index is 0.118. The molecule has 11 aromatic carbocycles. The Labute approximate surface area is 454 Å². The first-order valence-corrected chi connectivity index (χ1v) is 26.4. The van der Waals surface area contributed by atoms with Crippen LogP contribution in [0.5, 0.6) is 0 Å². The van der Waals surface area contributed by atoms with Crippen molar-refractivity contribution >= 4 is 110 Å². The normalized spacial score (nSPS) is 12.4. The molecule has 0 amide bonds. The molecule has 0 spiro atoms. The second-order valence-electron chi connectivity index (χ2n) is 20.7. The van der Waals surface area contributed by atoms with E-state index < -0.39 is 30.2 Å². The Kier molecular flexibility index (Phi) is 10.5. The lowest BCUT2D eigenvalue weighted by molar-refractivity contribution is -0.142. The van der Waals surface area contributed by atoms with Gasteiger partial charge in [0.15, 0.2) is 0 Å².